The van der Waals surface area contributed by atoms with E-state index in [1.54, 1.807) is 6.21 Å². The third-order valence-electron chi connectivity index (χ3n) is 2.44. The summed E-state index contributed by atoms with van der Waals surface area (Å²) in [5, 5.41) is 3.76. The number of carbonyl (C=O) groups is 1. The van der Waals surface area contributed by atoms with Crippen LogP contribution in [0, 0.1) is 6.92 Å². The van der Waals surface area contributed by atoms with Crippen molar-refractivity contribution in [2.24, 2.45) is 5.16 Å². The van der Waals surface area contributed by atoms with Gasteiger partial charge in [-0.05, 0) is 30.2 Å². The number of aryl methyl sites for hydroxylation is 1. The maximum atomic E-state index is 10.9. The molecule has 4 nitrogen and oxygen atoms in total. The molecule has 0 radical (unpaired) electrons. The Balaban J connectivity index is 2.93. The van der Waals surface area contributed by atoms with Crippen LogP contribution in [0.1, 0.15) is 24.0 Å². The van der Waals surface area contributed by atoms with E-state index in [0.717, 1.165) is 15.6 Å². The summed E-state index contributed by atoms with van der Waals surface area (Å²) in [5.74, 6) is -0.414. The first-order valence-electron chi connectivity index (χ1n) is 5.50. The second kappa shape index (κ2) is 7.16. The van der Waals surface area contributed by atoms with Crippen LogP contribution in [-0.4, -0.2) is 25.9 Å². The molecule has 0 aliphatic rings. The van der Waals surface area contributed by atoms with Gasteiger partial charge in [-0.1, -0.05) is 27.2 Å². The number of ether oxygens (including phenoxy) is 1. The van der Waals surface area contributed by atoms with Gasteiger partial charge >= 0.3 is 5.97 Å². The second-order valence-corrected chi connectivity index (χ2v) is 4.76. The standard InChI is InChI=1S/C13H16BrNO3/c1-9-6-12(14)4-5-13(9)11(7-15-17-3)8-18-10(2)16/h4-7,11H,8H2,1-3H3. The summed E-state index contributed by atoms with van der Waals surface area (Å²) in [6.45, 7) is 3.64. The topological polar surface area (TPSA) is 47.9 Å². The third-order valence-corrected chi connectivity index (χ3v) is 2.94. The molecule has 0 aliphatic carbocycles. The zero-order chi connectivity index (χ0) is 13.5. The SMILES string of the molecule is CON=CC(COC(C)=O)c1ccc(Br)cc1C. The van der Waals surface area contributed by atoms with Crippen LogP contribution >= 0.6 is 15.9 Å². The lowest BCUT2D eigenvalue weighted by Gasteiger charge is -2.15. The number of hydrogen-bond acceptors (Lipinski definition) is 4. The van der Waals surface area contributed by atoms with Gasteiger partial charge in [0.2, 0.25) is 0 Å². The summed E-state index contributed by atoms with van der Waals surface area (Å²) in [7, 11) is 1.48. The van der Waals surface area contributed by atoms with Gasteiger partial charge < -0.3 is 9.57 Å². The van der Waals surface area contributed by atoms with E-state index in [1.165, 1.54) is 14.0 Å². The minimum atomic E-state index is -0.305. The maximum absolute atomic E-state index is 10.9. The molecule has 1 aromatic rings. The molecular weight excluding hydrogens is 298 g/mol. The molecule has 5 heteroatoms. The number of hydrogen-bond donors (Lipinski definition) is 0. The highest BCUT2D eigenvalue weighted by Crippen LogP contribution is 2.22. The molecule has 0 amide bonds. The first-order chi connectivity index (χ1) is 8.54. The highest BCUT2D eigenvalue weighted by molar-refractivity contribution is 9.10. The lowest BCUT2D eigenvalue weighted by molar-refractivity contribution is -0.141. The Kier molecular flexibility index (Phi) is 5.85. The fraction of sp³-hybridized carbons (Fsp3) is 0.385. The van der Waals surface area contributed by atoms with E-state index in [9.17, 15) is 4.79 Å². The van der Waals surface area contributed by atoms with Crippen molar-refractivity contribution in [3.8, 4) is 0 Å². The second-order valence-electron chi connectivity index (χ2n) is 3.85. The first kappa shape index (κ1) is 14.7. The Bertz CT molecular complexity index is 446. The first-order valence-corrected chi connectivity index (χ1v) is 6.30. The summed E-state index contributed by atoms with van der Waals surface area (Å²) >= 11 is 3.42. The van der Waals surface area contributed by atoms with Gasteiger partial charge in [0.25, 0.3) is 0 Å². The Morgan fingerprint density at radius 2 is 2.28 bits per heavy atom. The zero-order valence-corrected chi connectivity index (χ0v) is 12.2. The van der Waals surface area contributed by atoms with Gasteiger partial charge in [-0.2, -0.15) is 0 Å². The van der Waals surface area contributed by atoms with Gasteiger partial charge in [0.1, 0.15) is 13.7 Å². The monoisotopic (exact) mass is 313 g/mol. The molecule has 0 bridgehead atoms. The van der Waals surface area contributed by atoms with E-state index < -0.39 is 0 Å². The van der Waals surface area contributed by atoms with Crippen LogP contribution in [0.5, 0.6) is 0 Å². The van der Waals surface area contributed by atoms with Crippen LogP contribution in [0.25, 0.3) is 0 Å². The van der Waals surface area contributed by atoms with Crippen molar-refractivity contribution in [1.82, 2.24) is 0 Å². The molecule has 0 saturated heterocycles. The van der Waals surface area contributed by atoms with Crippen LogP contribution in [0.15, 0.2) is 27.8 Å². The number of nitrogens with zero attached hydrogens (tertiary/aromatic N) is 1. The van der Waals surface area contributed by atoms with Gasteiger partial charge in [0.15, 0.2) is 0 Å². The van der Waals surface area contributed by atoms with E-state index in [4.69, 9.17) is 4.74 Å². The summed E-state index contributed by atoms with van der Waals surface area (Å²) < 4.78 is 6.06. The van der Waals surface area contributed by atoms with Crippen molar-refractivity contribution in [1.29, 1.82) is 0 Å². The Morgan fingerprint density at radius 3 is 2.83 bits per heavy atom. The number of benzene rings is 1. The Labute approximate surface area is 115 Å². The molecule has 0 spiro atoms. The van der Waals surface area contributed by atoms with Crippen molar-refractivity contribution in [2.75, 3.05) is 13.7 Å². The van der Waals surface area contributed by atoms with Crippen molar-refractivity contribution in [3.63, 3.8) is 0 Å². The van der Waals surface area contributed by atoms with E-state index in [-0.39, 0.29) is 18.5 Å². The molecule has 1 unspecified atom stereocenters. The van der Waals surface area contributed by atoms with Crippen molar-refractivity contribution >= 4 is 28.1 Å². The minimum absolute atomic E-state index is 0.109. The molecule has 1 aromatic carbocycles. The molecule has 0 saturated carbocycles. The number of oxime groups is 1. The quantitative estimate of drug-likeness (QED) is 0.477. The molecule has 98 valence electrons. The highest BCUT2D eigenvalue weighted by Gasteiger charge is 2.14. The molecular formula is C13H16BrNO3. The van der Waals surface area contributed by atoms with Crippen molar-refractivity contribution in [3.05, 3.63) is 33.8 Å². The van der Waals surface area contributed by atoms with Crippen LogP contribution in [0.2, 0.25) is 0 Å². The molecule has 1 rings (SSSR count). The molecule has 0 N–H and O–H groups in total. The lowest BCUT2D eigenvalue weighted by Crippen LogP contribution is -2.13. The van der Waals surface area contributed by atoms with E-state index in [0.29, 0.717) is 0 Å². The van der Waals surface area contributed by atoms with Crippen molar-refractivity contribution in [2.45, 2.75) is 19.8 Å². The van der Waals surface area contributed by atoms with Gasteiger partial charge in [0.05, 0.1) is 12.1 Å². The highest BCUT2D eigenvalue weighted by atomic mass is 79.9. The summed E-state index contributed by atoms with van der Waals surface area (Å²) in [6, 6.07) is 5.94. The van der Waals surface area contributed by atoms with E-state index >= 15 is 0 Å². The molecule has 0 aromatic heterocycles. The molecule has 18 heavy (non-hydrogen) atoms. The predicted molar refractivity (Wildman–Crippen MR) is 73.8 cm³/mol. The number of carbonyl (C=O) groups excluding carboxylic acids is 1. The largest absolute Gasteiger partial charge is 0.465 e. The number of esters is 1. The van der Waals surface area contributed by atoms with Gasteiger partial charge in [0, 0.05) is 11.4 Å². The van der Waals surface area contributed by atoms with Gasteiger partial charge in [-0.25, -0.2) is 0 Å². The zero-order valence-electron chi connectivity index (χ0n) is 10.6. The number of rotatable bonds is 5. The normalized spacial score (nSPS) is 12.4. The maximum Gasteiger partial charge on any atom is 0.302 e. The van der Waals surface area contributed by atoms with Gasteiger partial charge in [-0.15, -0.1) is 0 Å². The smallest absolute Gasteiger partial charge is 0.302 e. The lowest BCUT2D eigenvalue weighted by atomic mass is 9.96. The fourth-order valence-electron chi connectivity index (χ4n) is 1.61. The van der Waals surface area contributed by atoms with Crippen molar-refractivity contribution < 1.29 is 14.4 Å². The van der Waals surface area contributed by atoms with Crippen LogP contribution in [0.4, 0.5) is 0 Å². The summed E-state index contributed by atoms with van der Waals surface area (Å²) in [6.07, 6.45) is 1.64. The predicted octanol–water partition coefficient (Wildman–Crippen LogP) is 3.04. The Hall–Kier alpha value is -1.36. The molecule has 1 atom stereocenters. The Morgan fingerprint density at radius 1 is 1.56 bits per heavy atom. The van der Waals surface area contributed by atoms with Gasteiger partial charge in [-0.3, -0.25) is 4.79 Å². The molecule has 0 heterocycles. The summed E-state index contributed by atoms with van der Waals surface area (Å²) in [4.78, 5) is 15.6. The minimum Gasteiger partial charge on any atom is -0.465 e. The average Bonchev–Trinajstić information content (AvgIpc) is 2.30. The third kappa shape index (κ3) is 4.49. The van der Waals surface area contributed by atoms with Crippen LogP contribution in [0.3, 0.4) is 0 Å². The fourth-order valence-corrected chi connectivity index (χ4v) is 2.09. The van der Waals surface area contributed by atoms with E-state index in [2.05, 4.69) is 25.9 Å². The number of halogens is 1. The summed E-state index contributed by atoms with van der Waals surface area (Å²) in [5.41, 5.74) is 2.16. The van der Waals surface area contributed by atoms with Crippen LogP contribution < -0.4 is 0 Å². The molecule has 0 fully saturated rings. The van der Waals surface area contributed by atoms with E-state index in [1.807, 2.05) is 25.1 Å². The average molecular weight is 314 g/mol. The van der Waals surface area contributed by atoms with Crippen LogP contribution in [-0.2, 0) is 14.4 Å². The molecule has 0 aliphatic heterocycles.